The minimum absolute atomic E-state index is 0.515. The van der Waals surface area contributed by atoms with Crippen LogP contribution < -0.4 is 0 Å². The molecule has 0 saturated heterocycles. The molecule has 1 aromatic rings. The Morgan fingerprint density at radius 3 is 2.47 bits per heavy atom. The number of rotatable bonds is 1. The van der Waals surface area contributed by atoms with Gasteiger partial charge in [0.1, 0.15) is 5.75 Å². The van der Waals surface area contributed by atoms with Crippen molar-refractivity contribution in [3.63, 3.8) is 0 Å². The molecular formula is C7H3ClF3N3O. The predicted octanol–water partition coefficient (Wildman–Crippen LogP) is 4.01. The molecule has 15 heavy (non-hydrogen) atoms. The first kappa shape index (κ1) is 11.5. The molecule has 0 fully saturated rings. The lowest BCUT2D eigenvalue weighted by Gasteiger charge is -2.09. The van der Waals surface area contributed by atoms with Crippen LogP contribution in [0.2, 0.25) is 5.02 Å². The number of hydrogen-bond donors (Lipinski definition) is 1. The van der Waals surface area contributed by atoms with E-state index in [9.17, 15) is 13.2 Å². The highest BCUT2D eigenvalue weighted by atomic mass is 35.5. The number of benzene rings is 1. The van der Waals surface area contributed by atoms with Crippen LogP contribution in [0.4, 0.5) is 18.9 Å². The van der Waals surface area contributed by atoms with Gasteiger partial charge in [-0.2, -0.15) is 13.2 Å². The summed E-state index contributed by atoms with van der Waals surface area (Å²) in [4.78, 5) is 2.27. The zero-order valence-electron chi connectivity index (χ0n) is 6.96. The molecule has 0 saturated carbocycles. The molecule has 0 amide bonds. The topological polar surface area (TPSA) is 69.0 Å². The van der Waals surface area contributed by atoms with Gasteiger partial charge in [-0.3, -0.25) is 0 Å². The number of phenols is 1. The Morgan fingerprint density at radius 2 is 2.00 bits per heavy atom. The van der Waals surface area contributed by atoms with Crippen LogP contribution in [-0.2, 0) is 6.18 Å². The average Bonchev–Trinajstić information content (AvgIpc) is 2.11. The van der Waals surface area contributed by atoms with Gasteiger partial charge in [-0.1, -0.05) is 16.7 Å². The Bertz CT molecular complexity index is 440. The number of nitrogens with zero attached hydrogens (tertiary/aromatic N) is 3. The first-order valence-electron chi connectivity index (χ1n) is 3.51. The normalized spacial score (nSPS) is 10.9. The molecule has 0 radical (unpaired) electrons. The molecule has 1 rings (SSSR count). The van der Waals surface area contributed by atoms with Gasteiger partial charge >= 0.3 is 6.18 Å². The highest BCUT2D eigenvalue weighted by Gasteiger charge is 2.31. The van der Waals surface area contributed by atoms with Gasteiger partial charge in [0.15, 0.2) is 0 Å². The Labute approximate surface area is 86.5 Å². The molecule has 0 bridgehead atoms. The summed E-state index contributed by atoms with van der Waals surface area (Å²) >= 11 is 5.33. The molecule has 0 aliphatic heterocycles. The van der Waals surface area contributed by atoms with Crippen molar-refractivity contribution in [2.24, 2.45) is 5.11 Å². The maximum absolute atomic E-state index is 12.2. The van der Waals surface area contributed by atoms with Gasteiger partial charge in [0.05, 0.1) is 16.3 Å². The Hall–Kier alpha value is -1.59. The van der Waals surface area contributed by atoms with Crippen LogP contribution in [0.1, 0.15) is 5.56 Å². The summed E-state index contributed by atoms with van der Waals surface area (Å²) in [6.45, 7) is 0. The van der Waals surface area contributed by atoms with Crippen LogP contribution in [0.3, 0.4) is 0 Å². The van der Waals surface area contributed by atoms with Crippen molar-refractivity contribution in [2.75, 3.05) is 0 Å². The predicted molar refractivity (Wildman–Crippen MR) is 46.9 cm³/mol. The standard InChI is InChI=1S/C7H3ClF3N3O/c8-4-1-3(7(9,10)11)2-5(6(4)15)13-14-12/h1-2,15H. The van der Waals surface area contributed by atoms with Crippen molar-refractivity contribution < 1.29 is 18.3 Å². The molecule has 0 atom stereocenters. The van der Waals surface area contributed by atoms with Crippen LogP contribution in [-0.4, -0.2) is 5.11 Å². The van der Waals surface area contributed by atoms with Crippen LogP contribution in [0.25, 0.3) is 10.4 Å². The van der Waals surface area contributed by atoms with Crippen molar-refractivity contribution in [2.45, 2.75) is 6.18 Å². The molecule has 0 aliphatic rings. The van der Waals surface area contributed by atoms with Gasteiger partial charge in [0.25, 0.3) is 0 Å². The van der Waals surface area contributed by atoms with E-state index in [4.69, 9.17) is 22.2 Å². The maximum atomic E-state index is 12.2. The summed E-state index contributed by atoms with van der Waals surface area (Å²) in [6.07, 6.45) is -4.61. The van der Waals surface area contributed by atoms with Gasteiger partial charge in [0.2, 0.25) is 0 Å². The number of hydrogen-bond acceptors (Lipinski definition) is 2. The third-order valence-corrected chi connectivity index (χ3v) is 1.81. The van der Waals surface area contributed by atoms with E-state index in [-0.39, 0.29) is 0 Å². The summed E-state index contributed by atoms with van der Waals surface area (Å²) < 4.78 is 36.7. The average molecular weight is 238 g/mol. The zero-order chi connectivity index (χ0) is 11.6. The van der Waals surface area contributed by atoms with E-state index in [0.29, 0.717) is 12.1 Å². The second-order valence-electron chi connectivity index (χ2n) is 2.51. The second kappa shape index (κ2) is 3.88. The van der Waals surface area contributed by atoms with E-state index >= 15 is 0 Å². The van der Waals surface area contributed by atoms with Crippen LogP contribution in [0, 0.1) is 0 Å². The van der Waals surface area contributed by atoms with Gasteiger partial charge in [-0.15, -0.1) is 0 Å². The molecule has 1 N–H and O–H groups in total. The highest BCUT2D eigenvalue weighted by molar-refractivity contribution is 6.32. The molecule has 80 valence electrons. The Morgan fingerprint density at radius 1 is 1.40 bits per heavy atom. The smallest absolute Gasteiger partial charge is 0.416 e. The maximum Gasteiger partial charge on any atom is 0.416 e. The molecule has 0 aromatic heterocycles. The highest BCUT2D eigenvalue weighted by Crippen LogP contribution is 2.40. The van der Waals surface area contributed by atoms with Crippen molar-refractivity contribution in [1.82, 2.24) is 0 Å². The molecule has 0 aliphatic carbocycles. The van der Waals surface area contributed by atoms with Gasteiger partial charge in [-0.25, -0.2) is 0 Å². The summed E-state index contributed by atoms with van der Waals surface area (Å²) in [6, 6.07) is 1.06. The van der Waals surface area contributed by atoms with E-state index in [1.165, 1.54) is 0 Å². The quantitative estimate of drug-likeness (QED) is 0.447. The Kier molecular flexibility index (Phi) is 2.97. The fraction of sp³-hybridized carbons (Fsp3) is 0.143. The molecule has 4 nitrogen and oxygen atoms in total. The van der Waals surface area contributed by atoms with Crippen LogP contribution in [0.15, 0.2) is 17.2 Å². The van der Waals surface area contributed by atoms with E-state index in [1.54, 1.807) is 0 Å². The summed E-state index contributed by atoms with van der Waals surface area (Å²) in [7, 11) is 0. The SMILES string of the molecule is [N-]=[N+]=Nc1cc(C(F)(F)F)cc(Cl)c1O. The first-order valence-corrected chi connectivity index (χ1v) is 3.89. The monoisotopic (exact) mass is 237 g/mol. The van der Waals surface area contributed by atoms with E-state index < -0.39 is 28.2 Å². The van der Waals surface area contributed by atoms with Crippen LogP contribution in [0.5, 0.6) is 5.75 Å². The van der Waals surface area contributed by atoms with Gasteiger partial charge in [-0.05, 0) is 17.7 Å². The molecular weight excluding hydrogens is 235 g/mol. The van der Waals surface area contributed by atoms with Crippen molar-refractivity contribution in [1.29, 1.82) is 0 Å². The summed E-state index contributed by atoms with van der Waals surface area (Å²) in [5.41, 5.74) is 6.40. The zero-order valence-corrected chi connectivity index (χ0v) is 7.71. The largest absolute Gasteiger partial charge is 0.506 e. The first-order chi connectivity index (χ1) is 6.86. The van der Waals surface area contributed by atoms with Gasteiger partial charge in [0, 0.05) is 4.91 Å². The van der Waals surface area contributed by atoms with E-state index in [1.807, 2.05) is 0 Å². The fourth-order valence-corrected chi connectivity index (χ4v) is 1.09. The number of alkyl halides is 3. The summed E-state index contributed by atoms with van der Waals surface area (Å²) in [5, 5.41) is 11.5. The van der Waals surface area contributed by atoms with Crippen molar-refractivity contribution in [3.05, 3.63) is 33.2 Å². The number of azide groups is 1. The number of halogens is 4. The number of phenolic OH excluding ortho intramolecular Hbond substituents is 1. The van der Waals surface area contributed by atoms with Gasteiger partial charge < -0.3 is 5.11 Å². The lowest BCUT2D eigenvalue weighted by atomic mass is 10.2. The third-order valence-electron chi connectivity index (χ3n) is 1.52. The Balaban J connectivity index is 3.42. The summed E-state index contributed by atoms with van der Waals surface area (Å²) in [5.74, 6) is -0.678. The number of aromatic hydroxyl groups is 1. The van der Waals surface area contributed by atoms with E-state index in [2.05, 4.69) is 10.0 Å². The van der Waals surface area contributed by atoms with Crippen LogP contribution >= 0.6 is 11.6 Å². The minimum Gasteiger partial charge on any atom is -0.506 e. The molecule has 0 spiro atoms. The van der Waals surface area contributed by atoms with Crippen molar-refractivity contribution >= 4 is 17.3 Å². The third kappa shape index (κ3) is 2.45. The molecule has 8 heteroatoms. The van der Waals surface area contributed by atoms with E-state index in [0.717, 1.165) is 0 Å². The minimum atomic E-state index is -4.61. The van der Waals surface area contributed by atoms with Crippen molar-refractivity contribution in [3.8, 4) is 5.75 Å². The fourth-order valence-electron chi connectivity index (χ4n) is 0.873. The second-order valence-corrected chi connectivity index (χ2v) is 2.92. The lowest BCUT2D eigenvalue weighted by molar-refractivity contribution is -0.137. The molecule has 1 aromatic carbocycles. The molecule has 0 heterocycles. The lowest BCUT2D eigenvalue weighted by Crippen LogP contribution is -2.04. The molecule has 0 unspecified atom stereocenters.